The number of aliphatic imine (C=N–C) groups is 1. The van der Waals surface area contributed by atoms with Crippen molar-refractivity contribution in [2.24, 2.45) is 10.7 Å². The molecule has 7 nitrogen and oxygen atoms in total. The number of rotatable bonds is 10. The number of nitrogens with two attached hydrogens (primary N) is 1. The van der Waals surface area contributed by atoms with E-state index in [1.54, 1.807) is 0 Å². The van der Waals surface area contributed by atoms with Gasteiger partial charge in [0.05, 0.1) is 18.9 Å². The molecule has 1 unspecified atom stereocenters. The van der Waals surface area contributed by atoms with Gasteiger partial charge in [-0.3, -0.25) is 9.89 Å². The van der Waals surface area contributed by atoms with E-state index in [0.717, 1.165) is 49.8 Å². The minimum absolute atomic E-state index is 0. The molecule has 0 spiro atoms. The topological polar surface area (TPSA) is 75.3 Å². The van der Waals surface area contributed by atoms with Gasteiger partial charge in [-0.25, -0.2) is 0 Å². The number of likely N-dealkylation sites (N-methyl/N-ethyl adjacent to an activating group) is 1. The molecule has 3 N–H and O–H groups in total. The summed E-state index contributed by atoms with van der Waals surface area (Å²) in [6.45, 7) is 9.97. The van der Waals surface area contributed by atoms with Gasteiger partial charge in [0.1, 0.15) is 11.5 Å². The molecule has 1 fully saturated rings. The quantitative estimate of drug-likeness (QED) is 0.194. The van der Waals surface area contributed by atoms with Crippen LogP contribution >= 0.6 is 24.0 Å². The minimum Gasteiger partial charge on any atom is -0.494 e. The number of nitrogens with zero attached hydrogens (tertiary/aromatic N) is 3. The first-order valence-electron chi connectivity index (χ1n) is 11.5. The fourth-order valence-corrected chi connectivity index (χ4v) is 4.01. The second-order valence-electron chi connectivity index (χ2n) is 7.99. The van der Waals surface area contributed by atoms with Crippen LogP contribution in [0.1, 0.15) is 31.9 Å². The summed E-state index contributed by atoms with van der Waals surface area (Å²) in [7, 11) is 2.20. The summed E-state index contributed by atoms with van der Waals surface area (Å²) in [5.74, 6) is 1.89. The second-order valence-corrected chi connectivity index (χ2v) is 7.99. The van der Waals surface area contributed by atoms with Crippen LogP contribution in [0.25, 0.3) is 0 Å². The smallest absolute Gasteiger partial charge is 0.193 e. The fourth-order valence-electron chi connectivity index (χ4n) is 4.01. The zero-order valence-corrected chi connectivity index (χ0v) is 22.3. The lowest BCUT2D eigenvalue weighted by Crippen LogP contribution is -2.47. The highest BCUT2D eigenvalue weighted by atomic mass is 127. The van der Waals surface area contributed by atoms with Gasteiger partial charge in [0, 0.05) is 44.8 Å². The number of guanidine groups is 1. The lowest BCUT2D eigenvalue weighted by atomic mass is 10.0. The Kier molecular flexibility index (Phi) is 11.8. The maximum atomic E-state index is 6.17. The van der Waals surface area contributed by atoms with Gasteiger partial charge in [-0.05, 0) is 45.0 Å². The predicted molar refractivity (Wildman–Crippen MR) is 147 cm³/mol. The van der Waals surface area contributed by atoms with E-state index in [2.05, 4.69) is 57.5 Å². The van der Waals surface area contributed by atoms with Gasteiger partial charge in [-0.2, -0.15) is 0 Å². The third-order valence-corrected chi connectivity index (χ3v) is 5.59. The molecule has 1 atom stereocenters. The van der Waals surface area contributed by atoms with E-state index < -0.39 is 0 Å². The summed E-state index contributed by atoms with van der Waals surface area (Å²) in [5, 5.41) is 3.18. The molecule has 0 bridgehead atoms. The number of piperazine rings is 1. The number of hydrogen-bond acceptors (Lipinski definition) is 5. The van der Waals surface area contributed by atoms with Crippen molar-refractivity contribution in [2.75, 3.05) is 58.3 Å². The first-order chi connectivity index (χ1) is 15.6. The summed E-state index contributed by atoms with van der Waals surface area (Å²) >= 11 is 0. The molecule has 0 aromatic heterocycles. The highest BCUT2D eigenvalue weighted by molar-refractivity contribution is 14.0. The van der Waals surface area contributed by atoms with E-state index in [0.29, 0.717) is 31.8 Å². The molecule has 1 saturated heterocycles. The Morgan fingerprint density at radius 1 is 1.09 bits per heavy atom. The average Bonchev–Trinajstić information content (AvgIpc) is 2.80. The van der Waals surface area contributed by atoms with Crippen LogP contribution in [-0.4, -0.2) is 68.7 Å². The molecule has 1 aliphatic heterocycles. The normalized spacial score (nSPS) is 17.3. The van der Waals surface area contributed by atoms with Crippen LogP contribution in [0, 0.1) is 0 Å². The summed E-state index contributed by atoms with van der Waals surface area (Å²) in [4.78, 5) is 9.51. The van der Waals surface area contributed by atoms with Crippen molar-refractivity contribution in [2.45, 2.75) is 26.3 Å². The number of anilines is 1. The Morgan fingerprint density at radius 2 is 1.85 bits per heavy atom. The molecule has 0 aliphatic carbocycles. The zero-order chi connectivity index (χ0) is 22.8. The van der Waals surface area contributed by atoms with Gasteiger partial charge in [0.25, 0.3) is 0 Å². The van der Waals surface area contributed by atoms with Crippen LogP contribution in [0.4, 0.5) is 5.69 Å². The summed E-state index contributed by atoms with van der Waals surface area (Å²) in [6, 6.07) is 16.9. The lowest BCUT2D eigenvalue weighted by molar-refractivity contribution is 0.0894. The van der Waals surface area contributed by atoms with Gasteiger partial charge >= 0.3 is 0 Å². The second kappa shape index (κ2) is 14.3. The average molecular weight is 568 g/mol. The molecule has 0 saturated carbocycles. The largest absolute Gasteiger partial charge is 0.494 e. The summed E-state index contributed by atoms with van der Waals surface area (Å²) < 4.78 is 11.3. The SMILES string of the molecule is CCOc1ccc(OCC)c(NC(N)=NCCCN2CCN(C)CC2c2ccccc2)c1.I. The van der Waals surface area contributed by atoms with Crippen LogP contribution < -0.4 is 20.5 Å². The summed E-state index contributed by atoms with van der Waals surface area (Å²) in [5.41, 5.74) is 8.32. The van der Waals surface area contributed by atoms with E-state index in [1.165, 1.54) is 5.56 Å². The van der Waals surface area contributed by atoms with Crippen molar-refractivity contribution in [3.8, 4) is 11.5 Å². The van der Waals surface area contributed by atoms with Crippen LogP contribution in [0.15, 0.2) is 53.5 Å². The van der Waals surface area contributed by atoms with E-state index in [1.807, 2.05) is 32.0 Å². The summed E-state index contributed by atoms with van der Waals surface area (Å²) in [6.07, 6.45) is 0.951. The fraction of sp³-hybridized carbons (Fsp3) is 0.480. The number of nitrogens with one attached hydrogen (secondary N) is 1. The number of ether oxygens (including phenoxy) is 2. The Balaban J connectivity index is 0.00000385. The molecule has 2 aromatic carbocycles. The third kappa shape index (κ3) is 8.35. The lowest BCUT2D eigenvalue weighted by Gasteiger charge is -2.40. The van der Waals surface area contributed by atoms with Crippen LogP contribution in [-0.2, 0) is 0 Å². The molecule has 1 aliphatic rings. The first kappa shape index (κ1) is 27.2. The van der Waals surface area contributed by atoms with Gasteiger partial charge in [-0.1, -0.05) is 30.3 Å². The van der Waals surface area contributed by atoms with Crippen molar-refractivity contribution in [1.82, 2.24) is 9.80 Å². The van der Waals surface area contributed by atoms with Crippen LogP contribution in [0.3, 0.4) is 0 Å². The van der Waals surface area contributed by atoms with Crippen molar-refractivity contribution in [3.63, 3.8) is 0 Å². The Morgan fingerprint density at radius 3 is 2.58 bits per heavy atom. The molecule has 3 rings (SSSR count). The maximum absolute atomic E-state index is 6.17. The van der Waals surface area contributed by atoms with Crippen molar-refractivity contribution < 1.29 is 9.47 Å². The van der Waals surface area contributed by atoms with Gasteiger partial charge in [0.15, 0.2) is 5.96 Å². The molecule has 0 radical (unpaired) electrons. The molecular formula is C25H38IN5O2. The van der Waals surface area contributed by atoms with Gasteiger partial charge in [0.2, 0.25) is 0 Å². The van der Waals surface area contributed by atoms with Crippen molar-refractivity contribution >= 4 is 35.6 Å². The predicted octanol–water partition coefficient (Wildman–Crippen LogP) is 4.21. The molecule has 1 heterocycles. The maximum Gasteiger partial charge on any atom is 0.193 e. The standard InChI is InChI=1S/C25H37N5O2.HI/c1-4-31-21-12-13-24(32-5-2)22(18-21)28-25(26)27-14-9-15-30-17-16-29(3)19-23(30)20-10-7-6-8-11-20;/h6-8,10-13,18,23H,4-5,9,14-17,19H2,1-3H3,(H3,26,27,28);1H. The van der Waals surface area contributed by atoms with Crippen molar-refractivity contribution in [1.29, 1.82) is 0 Å². The monoisotopic (exact) mass is 567 g/mol. The van der Waals surface area contributed by atoms with E-state index in [9.17, 15) is 0 Å². The van der Waals surface area contributed by atoms with Crippen molar-refractivity contribution in [3.05, 3.63) is 54.1 Å². The number of hydrogen-bond donors (Lipinski definition) is 2. The number of benzene rings is 2. The Hall–Kier alpha value is -2.04. The van der Waals surface area contributed by atoms with E-state index >= 15 is 0 Å². The molecule has 2 aromatic rings. The molecular weight excluding hydrogens is 529 g/mol. The first-order valence-corrected chi connectivity index (χ1v) is 11.5. The number of halogens is 1. The highest BCUT2D eigenvalue weighted by Gasteiger charge is 2.25. The molecule has 182 valence electrons. The molecule has 8 heteroatoms. The highest BCUT2D eigenvalue weighted by Crippen LogP contribution is 2.29. The molecule has 0 amide bonds. The van der Waals surface area contributed by atoms with Crippen LogP contribution in [0.2, 0.25) is 0 Å². The third-order valence-electron chi connectivity index (χ3n) is 5.59. The van der Waals surface area contributed by atoms with Gasteiger partial charge < -0.3 is 25.4 Å². The van der Waals surface area contributed by atoms with Crippen LogP contribution in [0.5, 0.6) is 11.5 Å². The van der Waals surface area contributed by atoms with E-state index in [-0.39, 0.29) is 24.0 Å². The molecule has 33 heavy (non-hydrogen) atoms. The van der Waals surface area contributed by atoms with Gasteiger partial charge in [-0.15, -0.1) is 24.0 Å². The Labute approximate surface area is 215 Å². The zero-order valence-electron chi connectivity index (χ0n) is 20.0. The van der Waals surface area contributed by atoms with E-state index in [4.69, 9.17) is 15.2 Å². The Bertz CT molecular complexity index is 865. The minimum atomic E-state index is 0.